The van der Waals surface area contributed by atoms with Gasteiger partial charge in [0.05, 0.1) is 7.11 Å². The van der Waals surface area contributed by atoms with Crippen molar-refractivity contribution in [3.63, 3.8) is 0 Å². The second kappa shape index (κ2) is 11.3. The molecule has 5 heteroatoms. The summed E-state index contributed by atoms with van der Waals surface area (Å²) in [5, 5.41) is 2.60. The molecular formula is C15H27NO4. The van der Waals surface area contributed by atoms with Crippen LogP contribution >= 0.6 is 0 Å². The highest BCUT2D eigenvalue weighted by atomic mass is 16.7. The predicted octanol–water partition coefficient (Wildman–Crippen LogP) is 3.05. The fourth-order valence-corrected chi connectivity index (χ4v) is 2.07. The highest BCUT2D eigenvalue weighted by Gasteiger charge is 2.26. The normalized spacial score (nSPS) is 23.2. The molecule has 1 aliphatic rings. The van der Waals surface area contributed by atoms with Crippen LogP contribution < -0.4 is 5.32 Å². The van der Waals surface area contributed by atoms with Gasteiger partial charge in [-0.15, -0.1) is 0 Å². The molecule has 0 heterocycles. The Morgan fingerprint density at radius 3 is 2.60 bits per heavy atom. The lowest BCUT2D eigenvalue weighted by atomic mass is 9.89. The van der Waals surface area contributed by atoms with E-state index in [0.29, 0.717) is 6.42 Å². The van der Waals surface area contributed by atoms with Gasteiger partial charge in [0.15, 0.2) is 0 Å². The van der Waals surface area contributed by atoms with Crippen molar-refractivity contribution in [3.8, 4) is 0 Å². The van der Waals surface area contributed by atoms with Gasteiger partial charge in [-0.05, 0) is 25.3 Å². The van der Waals surface area contributed by atoms with Crippen LogP contribution in [0.15, 0.2) is 12.2 Å². The summed E-state index contributed by atoms with van der Waals surface area (Å²) in [5.41, 5.74) is 0. The minimum Gasteiger partial charge on any atom is -0.438 e. The van der Waals surface area contributed by atoms with E-state index in [1.807, 2.05) is 26.0 Å². The molecule has 0 saturated heterocycles. The molecule has 1 rings (SSSR count). The van der Waals surface area contributed by atoms with Crippen LogP contribution in [0.25, 0.3) is 0 Å². The second-order valence-corrected chi connectivity index (χ2v) is 4.39. The average Bonchev–Trinajstić information content (AvgIpc) is 2.47. The van der Waals surface area contributed by atoms with E-state index < -0.39 is 6.16 Å². The van der Waals surface area contributed by atoms with E-state index in [1.165, 1.54) is 7.11 Å². The van der Waals surface area contributed by atoms with Gasteiger partial charge in [0, 0.05) is 19.4 Å². The van der Waals surface area contributed by atoms with Crippen molar-refractivity contribution in [1.29, 1.82) is 0 Å². The maximum absolute atomic E-state index is 11.5. The first-order valence-corrected chi connectivity index (χ1v) is 7.29. The summed E-state index contributed by atoms with van der Waals surface area (Å²) >= 11 is 0. The molecule has 0 aliphatic heterocycles. The smallest absolute Gasteiger partial charge is 0.438 e. The maximum atomic E-state index is 11.5. The van der Waals surface area contributed by atoms with Crippen molar-refractivity contribution in [3.05, 3.63) is 12.2 Å². The van der Waals surface area contributed by atoms with Gasteiger partial charge in [0.1, 0.15) is 6.10 Å². The number of rotatable bonds is 3. The van der Waals surface area contributed by atoms with Crippen LogP contribution in [-0.2, 0) is 14.3 Å². The van der Waals surface area contributed by atoms with E-state index in [-0.39, 0.29) is 17.9 Å². The maximum Gasteiger partial charge on any atom is 0.508 e. The van der Waals surface area contributed by atoms with Gasteiger partial charge < -0.3 is 14.8 Å². The Morgan fingerprint density at radius 2 is 2.00 bits per heavy atom. The third-order valence-electron chi connectivity index (χ3n) is 3.11. The fraction of sp³-hybridized carbons (Fsp3) is 0.733. The first kappa shape index (κ1) is 18.5. The number of carbonyl (C=O) groups is 2. The summed E-state index contributed by atoms with van der Waals surface area (Å²) in [6.45, 7) is 4.00. The summed E-state index contributed by atoms with van der Waals surface area (Å²) in [4.78, 5) is 22.7. The average molecular weight is 285 g/mol. The monoisotopic (exact) mass is 285 g/mol. The molecule has 0 radical (unpaired) electrons. The van der Waals surface area contributed by atoms with Gasteiger partial charge in [-0.25, -0.2) is 4.79 Å². The SMILES string of the molecule is CC.CNC(=O)CC1CCCC/C=C/C1OC(=O)OC. The van der Waals surface area contributed by atoms with Crippen LogP contribution in [0.1, 0.15) is 46.0 Å². The molecule has 1 aliphatic carbocycles. The van der Waals surface area contributed by atoms with Crippen molar-refractivity contribution in [2.75, 3.05) is 14.2 Å². The van der Waals surface area contributed by atoms with Crippen molar-refractivity contribution < 1.29 is 19.1 Å². The first-order chi connectivity index (χ1) is 9.67. The highest BCUT2D eigenvalue weighted by Crippen LogP contribution is 2.24. The van der Waals surface area contributed by atoms with E-state index in [4.69, 9.17) is 4.74 Å². The Kier molecular flexibility index (Phi) is 10.5. The van der Waals surface area contributed by atoms with Crippen LogP contribution in [0.4, 0.5) is 4.79 Å². The van der Waals surface area contributed by atoms with E-state index in [2.05, 4.69) is 10.1 Å². The molecular weight excluding hydrogens is 258 g/mol. The number of hydrogen-bond donors (Lipinski definition) is 1. The summed E-state index contributed by atoms with van der Waals surface area (Å²) in [6.07, 6.45) is 7.14. The molecule has 116 valence electrons. The minimum atomic E-state index is -0.702. The van der Waals surface area contributed by atoms with Crippen molar-refractivity contribution >= 4 is 12.1 Å². The van der Waals surface area contributed by atoms with Gasteiger partial charge in [-0.1, -0.05) is 26.3 Å². The van der Waals surface area contributed by atoms with Crippen LogP contribution in [-0.4, -0.2) is 32.3 Å². The molecule has 0 aromatic rings. The van der Waals surface area contributed by atoms with Gasteiger partial charge >= 0.3 is 6.16 Å². The molecule has 2 atom stereocenters. The van der Waals surface area contributed by atoms with Crippen molar-refractivity contribution in [1.82, 2.24) is 5.32 Å². The summed E-state index contributed by atoms with van der Waals surface area (Å²) in [5.74, 6) is -0.0203. The van der Waals surface area contributed by atoms with E-state index in [0.717, 1.165) is 25.7 Å². The van der Waals surface area contributed by atoms with Crippen LogP contribution in [0.3, 0.4) is 0 Å². The van der Waals surface area contributed by atoms with Crippen LogP contribution in [0.5, 0.6) is 0 Å². The lowest BCUT2D eigenvalue weighted by molar-refractivity contribution is -0.122. The number of nitrogens with one attached hydrogen (secondary N) is 1. The van der Waals surface area contributed by atoms with Gasteiger partial charge in [0.25, 0.3) is 0 Å². The predicted molar refractivity (Wildman–Crippen MR) is 78.4 cm³/mol. The lowest BCUT2D eigenvalue weighted by Crippen LogP contribution is -2.31. The quantitative estimate of drug-likeness (QED) is 0.639. The zero-order valence-corrected chi connectivity index (χ0v) is 13.0. The Balaban J connectivity index is 0.00000172. The fourth-order valence-electron chi connectivity index (χ4n) is 2.07. The standard InChI is InChI=1S/C13H21NO4.C2H6/c1-14-12(15)9-10-7-5-3-4-6-8-11(10)18-13(16)17-2;1-2/h6,8,10-11H,3-5,7,9H2,1-2H3,(H,14,15);1-2H3/b8-6+;. The summed E-state index contributed by atoms with van der Waals surface area (Å²) in [6, 6.07) is 0. The van der Waals surface area contributed by atoms with Crippen molar-refractivity contribution in [2.45, 2.75) is 52.1 Å². The molecule has 1 N–H and O–H groups in total. The minimum absolute atomic E-state index is 0.0144. The largest absolute Gasteiger partial charge is 0.508 e. The molecule has 0 spiro atoms. The van der Waals surface area contributed by atoms with Crippen LogP contribution in [0.2, 0.25) is 0 Å². The third kappa shape index (κ3) is 7.16. The molecule has 2 unspecified atom stereocenters. The van der Waals surface area contributed by atoms with Gasteiger partial charge in [0.2, 0.25) is 5.91 Å². The number of carbonyl (C=O) groups excluding carboxylic acids is 2. The Bertz CT molecular complexity index is 315. The number of hydrogen-bond acceptors (Lipinski definition) is 4. The topological polar surface area (TPSA) is 64.6 Å². The molecule has 0 aromatic heterocycles. The molecule has 20 heavy (non-hydrogen) atoms. The van der Waals surface area contributed by atoms with E-state index >= 15 is 0 Å². The van der Waals surface area contributed by atoms with E-state index in [9.17, 15) is 9.59 Å². The van der Waals surface area contributed by atoms with Crippen molar-refractivity contribution in [2.24, 2.45) is 5.92 Å². The highest BCUT2D eigenvalue weighted by molar-refractivity contribution is 5.75. The number of ether oxygens (including phenoxy) is 2. The molecule has 0 bridgehead atoms. The molecule has 1 amide bonds. The molecule has 0 fully saturated rings. The van der Waals surface area contributed by atoms with Gasteiger partial charge in [-0.3, -0.25) is 4.79 Å². The number of methoxy groups -OCH3 is 1. The zero-order chi connectivity index (χ0) is 15.4. The molecule has 0 aromatic carbocycles. The Hall–Kier alpha value is -1.52. The Morgan fingerprint density at radius 1 is 1.30 bits per heavy atom. The zero-order valence-electron chi connectivity index (χ0n) is 13.0. The van der Waals surface area contributed by atoms with Crippen LogP contribution in [0, 0.1) is 5.92 Å². The lowest BCUT2D eigenvalue weighted by Gasteiger charge is -2.25. The Labute approximate surface area is 121 Å². The third-order valence-corrected chi connectivity index (χ3v) is 3.11. The summed E-state index contributed by atoms with van der Waals surface area (Å²) < 4.78 is 9.72. The molecule has 5 nitrogen and oxygen atoms in total. The molecule has 0 saturated carbocycles. The second-order valence-electron chi connectivity index (χ2n) is 4.39. The first-order valence-electron chi connectivity index (χ1n) is 7.29. The van der Waals surface area contributed by atoms with E-state index in [1.54, 1.807) is 7.05 Å². The summed E-state index contributed by atoms with van der Waals surface area (Å²) in [7, 11) is 2.89. The number of amides is 1. The number of allylic oxidation sites excluding steroid dienone is 1. The van der Waals surface area contributed by atoms with Gasteiger partial charge in [-0.2, -0.15) is 0 Å².